The van der Waals surface area contributed by atoms with Gasteiger partial charge in [0, 0.05) is 6.54 Å². The van der Waals surface area contributed by atoms with Crippen molar-refractivity contribution in [3.8, 4) is 12.3 Å². The molecule has 4 nitrogen and oxygen atoms in total. The number of nitrogens with zero attached hydrogens (tertiary/aromatic N) is 2. The molecule has 0 bridgehead atoms. The van der Waals surface area contributed by atoms with Crippen LogP contribution in [0.25, 0.3) is 0 Å². The predicted molar refractivity (Wildman–Crippen MR) is 77.6 cm³/mol. The first-order valence-electron chi connectivity index (χ1n) is 5.99. The van der Waals surface area contributed by atoms with Crippen molar-refractivity contribution in [2.75, 3.05) is 5.32 Å². The van der Waals surface area contributed by atoms with Gasteiger partial charge in [0.1, 0.15) is 4.47 Å². The van der Waals surface area contributed by atoms with E-state index in [1.807, 2.05) is 20.8 Å². The molecule has 5 heteroatoms. The maximum absolute atomic E-state index is 12.0. The van der Waals surface area contributed by atoms with Crippen LogP contribution in [-0.4, -0.2) is 15.8 Å². The molecule has 0 radical (unpaired) electrons. The number of anilines is 1. The third-order valence-corrected chi connectivity index (χ3v) is 3.34. The van der Waals surface area contributed by atoms with Gasteiger partial charge in [-0.1, -0.05) is 26.7 Å². The fourth-order valence-corrected chi connectivity index (χ4v) is 1.93. The zero-order chi connectivity index (χ0) is 13.7. The molecule has 0 fully saturated rings. The Morgan fingerprint density at radius 2 is 2.28 bits per heavy atom. The minimum absolute atomic E-state index is 0.121. The van der Waals surface area contributed by atoms with E-state index in [9.17, 15) is 4.79 Å². The van der Waals surface area contributed by atoms with E-state index in [0.29, 0.717) is 16.7 Å². The van der Waals surface area contributed by atoms with E-state index >= 15 is 0 Å². The molecular weight excluding hydrogens is 294 g/mol. The van der Waals surface area contributed by atoms with Gasteiger partial charge in [-0.2, -0.15) is 5.10 Å². The van der Waals surface area contributed by atoms with E-state index in [1.165, 1.54) is 4.68 Å². The highest BCUT2D eigenvalue weighted by atomic mass is 79.9. The summed E-state index contributed by atoms with van der Waals surface area (Å²) >= 11 is 3.30. The molecule has 0 aliphatic rings. The lowest BCUT2D eigenvalue weighted by Crippen LogP contribution is -2.28. The molecule has 1 N–H and O–H groups in total. The van der Waals surface area contributed by atoms with E-state index in [-0.39, 0.29) is 17.5 Å². The summed E-state index contributed by atoms with van der Waals surface area (Å²) < 4.78 is 1.92. The predicted octanol–water partition coefficient (Wildman–Crippen LogP) is 2.49. The third-order valence-electron chi connectivity index (χ3n) is 2.58. The van der Waals surface area contributed by atoms with Crippen molar-refractivity contribution in [1.82, 2.24) is 9.78 Å². The van der Waals surface area contributed by atoms with Gasteiger partial charge in [-0.05, 0) is 28.3 Å². The summed E-state index contributed by atoms with van der Waals surface area (Å²) in [6, 6.07) is -0.121. The fourth-order valence-electron chi connectivity index (χ4n) is 1.51. The van der Waals surface area contributed by atoms with Gasteiger partial charge >= 0.3 is 0 Å². The topological polar surface area (TPSA) is 46.9 Å². The summed E-state index contributed by atoms with van der Waals surface area (Å²) in [7, 11) is 0. The van der Waals surface area contributed by atoms with Crippen molar-refractivity contribution in [1.29, 1.82) is 0 Å². The standard InChI is InChI=1S/C13H18BrN3O/c1-5-7-17-13(18)12(14)11(8-15-17)16-10(6-2)9(3)4/h2,8-10,16H,5,7H2,1,3-4H3. The molecule has 0 aromatic carbocycles. The molecule has 0 aliphatic heterocycles. The smallest absolute Gasteiger partial charge is 0.283 e. The van der Waals surface area contributed by atoms with Crippen molar-refractivity contribution in [3.05, 3.63) is 21.0 Å². The van der Waals surface area contributed by atoms with Crippen LogP contribution in [0.2, 0.25) is 0 Å². The monoisotopic (exact) mass is 311 g/mol. The number of terminal acetylenes is 1. The third kappa shape index (κ3) is 3.36. The molecule has 0 aliphatic carbocycles. The molecule has 18 heavy (non-hydrogen) atoms. The van der Waals surface area contributed by atoms with Crippen LogP contribution in [0, 0.1) is 18.3 Å². The Hall–Kier alpha value is -1.28. The first-order chi connectivity index (χ1) is 8.51. The molecule has 0 amide bonds. The van der Waals surface area contributed by atoms with Crippen molar-refractivity contribution < 1.29 is 0 Å². The quantitative estimate of drug-likeness (QED) is 0.850. The molecular formula is C13H18BrN3O. The Bertz CT molecular complexity index is 502. The number of rotatable bonds is 5. The van der Waals surface area contributed by atoms with Gasteiger partial charge in [0.25, 0.3) is 5.56 Å². The Balaban J connectivity index is 3.03. The first kappa shape index (κ1) is 14.8. The maximum atomic E-state index is 12.0. The van der Waals surface area contributed by atoms with E-state index in [4.69, 9.17) is 6.42 Å². The SMILES string of the molecule is C#CC(Nc1cnn(CCC)c(=O)c1Br)C(C)C. The summed E-state index contributed by atoms with van der Waals surface area (Å²) in [5.74, 6) is 2.95. The molecule has 98 valence electrons. The minimum Gasteiger partial charge on any atom is -0.369 e. The highest BCUT2D eigenvalue weighted by Gasteiger charge is 2.14. The lowest BCUT2D eigenvalue weighted by atomic mass is 10.1. The summed E-state index contributed by atoms with van der Waals surface area (Å²) in [4.78, 5) is 12.0. The highest BCUT2D eigenvalue weighted by molar-refractivity contribution is 9.10. The molecule has 0 saturated carbocycles. The van der Waals surface area contributed by atoms with Crippen LogP contribution in [0.1, 0.15) is 27.2 Å². The lowest BCUT2D eigenvalue weighted by Gasteiger charge is -2.18. The van der Waals surface area contributed by atoms with Crippen LogP contribution in [-0.2, 0) is 6.54 Å². The second-order valence-corrected chi connectivity index (χ2v) is 5.23. The Morgan fingerprint density at radius 3 is 2.78 bits per heavy atom. The van der Waals surface area contributed by atoms with Crippen LogP contribution in [0.3, 0.4) is 0 Å². The number of aryl methyl sites for hydroxylation is 1. The maximum Gasteiger partial charge on any atom is 0.283 e. The number of nitrogens with one attached hydrogen (secondary N) is 1. The number of hydrogen-bond donors (Lipinski definition) is 1. The zero-order valence-electron chi connectivity index (χ0n) is 10.9. The summed E-state index contributed by atoms with van der Waals surface area (Å²) in [6.07, 6.45) is 7.95. The van der Waals surface area contributed by atoms with Crippen LogP contribution in [0.15, 0.2) is 15.5 Å². The van der Waals surface area contributed by atoms with Gasteiger partial charge in [-0.25, -0.2) is 4.68 Å². The summed E-state index contributed by atoms with van der Waals surface area (Å²) in [6.45, 7) is 6.66. The average molecular weight is 312 g/mol. The van der Waals surface area contributed by atoms with E-state index in [2.05, 4.69) is 32.3 Å². The second kappa shape index (κ2) is 6.60. The van der Waals surface area contributed by atoms with Crippen LogP contribution < -0.4 is 10.9 Å². The largest absolute Gasteiger partial charge is 0.369 e. The lowest BCUT2D eigenvalue weighted by molar-refractivity contribution is 0.563. The first-order valence-corrected chi connectivity index (χ1v) is 6.78. The normalized spacial score (nSPS) is 12.2. The van der Waals surface area contributed by atoms with Crippen molar-refractivity contribution >= 4 is 21.6 Å². The van der Waals surface area contributed by atoms with E-state index < -0.39 is 0 Å². The highest BCUT2D eigenvalue weighted by Crippen LogP contribution is 2.19. The number of hydrogen-bond acceptors (Lipinski definition) is 3. The summed E-state index contributed by atoms with van der Waals surface area (Å²) in [5.41, 5.74) is 0.505. The molecule has 1 atom stereocenters. The Labute approximate surface area is 116 Å². The van der Waals surface area contributed by atoms with E-state index in [0.717, 1.165) is 6.42 Å². The van der Waals surface area contributed by atoms with Gasteiger partial charge in [0.05, 0.1) is 17.9 Å². The molecule has 1 aromatic heterocycles. The van der Waals surface area contributed by atoms with Gasteiger partial charge < -0.3 is 5.32 Å². The van der Waals surface area contributed by atoms with Gasteiger partial charge in [-0.15, -0.1) is 6.42 Å². The molecule has 0 spiro atoms. The Morgan fingerprint density at radius 1 is 1.61 bits per heavy atom. The van der Waals surface area contributed by atoms with Gasteiger partial charge in [0.2, 0.25) is 0 Å². The van der Waals surface area contributed by atoms with Gasteiger partial charge in [-0.3, -0.25) is 4.79 Å². The van der Waals surface area contributed by atoms with E-state index in [1.54, 1.807) is 6.20 Å². The molecule has 1 heterocycles. The van der Waals surface area contributed by atoms with Crippen molar-refractivity contribution in [2.24, 2.45) is 5.92 Å². The van der Waals surface area contributed by atoms with Crippen LogP contribution >= 0.6 is 15.9 Å². The molecule has 0 saturated heterocycles. The molecule has 1 unspecified atom stereocenters. The fraction of sp³-hybridized carbons (Fsp3) is 0.538. The molecule has 1 aromatic rings. The number of aromatic nitrogens is 2. The summed E-state index contributed by atoms with van der Waals surface area (Å²) in [5, 5.41) is 7.27. The Kier molecular flexibility index (Phi) is 5.42. The molecule has 1 rings (SSSR count). The van der Waals surface area contributed by atoms with Crippen molar-refractivity contribution in [2.45, 2.75) is 39.8 Å². The average Bonchev–Trinajstić information content (AvgIpc) is 2.34. The zero-order valence-corrected chi connectivity index (χ0v) is 12.5. The minimum atomic E-state index is -0.138. The van der Waals surface area contributed by atoms with Crippen LogP contribution in [0.4, 0.5) is 5.69 Å². The van der Waals surface area contributed by atoms with Gasteiger partial charge in [0.15, 0.2) is 0 Å². The second-order valence-electron chi connectivity index (χ2n) is 4.43. The number of halogens is 1. The van der Waals surface area contributed by atoms with Crippen molar-refractivity contribution in [3.63, 3.8) is 0 Å². The van der Waals surface area contributed by atoms with Crippen LogP contribution in [0.5, 0.6) is 0 Å².